The standard InChI is InChI=1S/C20H20N8O2/c1-11-3-4-21-15(5-11)27-7-12-13(8-27)17(12)19-24-16(30-25-19)9-28-20(29)18-14(6-23-28)22-10-26(18)2/h3-6,10,12-13,17H,7-9H2,1-2H3/t12-,13+,17?. The largest absolute Gasteiger partial charge is 0.356 e. The van der Waals surface area contributed by atoms with Gasteiger partial charge in [-0.25, -0.2) is 14.6 Å². The molecule has 4 aromatic rings. The number of anilines is 1. The second kappa shape index (κ2) is 6.22. The minimum atomic E-state index is -0.225. The minimum absolute atomic E-state index is 0.147. The third-order valence-corrected chi connectivity index (χ3v) is 6.21. The number of nitrogens with zero attached hydrogens (tertiary/aromatic N) is 8. The van der Waals surface area contributed by atoms with Crippen molar-refractivity contribution >= 4 is 16.9 Å². The van der Waals surface area contributed by atoms with E-state index in [1.165, 1.54) is 10.2 Å². The van der Waals surface area contributed by atoms with Gasteiger partial charge in [0.15, 0.2) is 5.82 Å². The number of fused-ring (bicyclic) bond motifs is 2. The summed E-state index contributed by atoms with van der Waals surface area (Å²) in [7, 11) is 1.79. The molecule has 152 valence electrons. The molecule has 1 saturated heterocycles. The van der Waals surface area contributed by atoms with Gasteiger partial charge in [0.1, 0.15) is 23.4 Å². The highest BCUT2D eigenvalue weighted by Gasteiger charge is 2.58. The molecular weight excluding hydrogens is 384 g/mol. The van der Waals surface area contributed by atoms with Gasteiger partial charge in [-0.15, -0.1) is 0 Å². The van der Waals surface area contributed by atoms with Crippen LogP contribution in [0.1, 0.15) is 23.2 Å². The van der Waals surface area contributed by atoms with Crippen LogP contribution < -0.4 is 10.5 Å². The zero-order chi connectivity index (χ0) is 20.4. The normalized spacial score (nSPS) is 22.6. The summed E-state index contributed by atoms with van der Waals surface area (Å²) in [6, 6.07) is 4.13. The molecule has 6 rings (SSSR count). The van der Waals surface area contributed by atoms with Gasteiger partial charge in [-0.1, -0.05) is 5.16 Å². The molecule has 10 heteroatoms. The molecule has 1 unspecified atom stereocenters. The van der Waals surface area contributed by atoms with E-state index in [9.17, 15) is 4.79 Å². The molecule has 0 radical (unpaired) electrons. The van der Waals surface area contributed by atoms with Crippen molar-refractivity contribution in [1.82, 2.24) is 34.5 Å². The first kappa shape index (κ1) is 17.3. The number of rotatable bonds is 4. The average Bonchev–Trinajstić information content (AvgIpc) is 3.16. The van der Waals surface area contributed by atoms with Crippen LogP contribution in [-0.4, -0.2) is 47.5 Å². The number of hydrogen-bond donors (Lipinski definition) is 0. The first-order valence-corrected chi connectivity index (χ1v) is 9.96. The summed E-state index contributed by atoms with van der Waals surface area (Å²) in [4.78, 5) is 28.2. The van der Waals surface area contributed by atoms with Crippen molar-refractivity contribution in [1.29, 1.82) is 0 Å². The van der Waals surface area contributed by atoms with Gasteiger partial charge in [-0.2, -0.15) is 10.1 Å². The Bertz CT molecular complexity index is 1310. The van der Waals surface area contributed by atoms with E-state index in [1.54, 1.807) is 24.1 Å². The van der Waals surface area contributed by atoms with E-state index in [2.05, 4.69) is 43.1 Å². The molecule has 5 heterocycles. The zero-order valence-corrected chi connectivity index (χ0v) is 16.6. The highest BCUT2D eigenvalue weighted by molar-refractivity contribution is 5.72. The van der Waals surface area contributed by atoms with E-state index in [1.807, 2.05) is 12.3 Å². The van der Waals surface area contributed by atoms with Crippen molar-refractivity contribution in [2.45, 2.75) is 19.4 Å². The van der Waals surface area contributed by atoms with Crippen molar-refractivity contribution in [2.24, 2.45) is 18.9 Å². The van der Waals surface area contributed by atoms with Gasteiger partial charge in [-0.05, 0) is 36.5 Å². The monoisotopic (exact) mass is 404 g/mol. The molecule has 2 aliphatic rings. The number of piperidine rings is 1. The second-order valence-electron chi connectivity index (χ2n) is 8.19. The molecule has 2 fully saturated rings. The summed E-state index contributed by atoms with van der Waals surface area (Å²) >= 11 is 0. The number of aromatic nitrogens is 7. The van der Waals surface area contributed by atoms with Crippen LogP contribution in [-0.2, 0) is 13.6 Å². The van der Waals surface area contributed by atoms with Gasteiger partial charge in [0.2, 0.25) is 5.89 Å². The molecule has 0 amide bonds. The Labute approximate surface area is 171 Å². The highest BCUT2D eigenvalue weighted by Crippen LogP contribution is 2.57. The van der Waals surface area contributed by atoms with E-state index in [4.69, 9.17) is 4.52 Å². The van der Waals surface area contributed by atoms with Crippen LogP contribution in [0.5, 0.6) is 0 Å². The van der Waals surface area contributed by atoms with E-state index in [0.29, 0.717) is 34.7 Å². The molecule has 10 nitrogen and oxygen atoms in total. The lowest BCUT2D eigenvalue weighted by Crippen LogP contribution is -2.25. The SMILES string of the molecule is Cc1ccnc(N2C[C@@H]3C(c4noc(Cn5ncc6ncn(C)c6c5=O)n4)[C@@H]3C2)c1. The van der Waals surface area contributed by atoms with Crippen molar-refractivity contribution in [3.8, 4) is 0 Å². The van der Waals surface area contributed by atoms with Gasteiger partial charge in [0.05, 0.1) is 12.5 Å². The maximum absolute atomic E-state index is 12.7. The predicted molar refractivity (Wildman–Crippen MR) is 107 cm³/mol. The molecule has 4 aromatic heterocycles. The molecule has 1 aliphatic heterocycles. The maximum atomic E-state index is 12.7. The summed E-state index contributed by atoms with van der Waals surface area (Å²) < 4.78 is 8.46. The molecule has 3 atom stereocenters. The maximum Gasteiger partial charge on any atom is 0.293 e. The minimum Gasteiger partial charge on any atom is -0.356 e. The quantitative estimate of drug-likeness (QED) is 0.498. The summed E-state index contributed by atoms with van der Waals surface area (Å²) in [6.07, 6.45) is 5.04. The summed E-state index contributed by atoms with van der Waals surface area (Å²) in [5.74, 6) is 3.50. The summed E-state index contributed by atoms with van der Waals surface area (Å²) in [5, 5.41) is 8.37. The van der Waals surface area contributed by atoms with Crippen molar-refractivity contribution in [3.63, 3.8) is 0 Å². The topological polar surface area (TPSA) is 108 Å². The van der Waals surface area contributed by atoms with Gasteiger partial charge in [0.25, 0.3) is 5.56 Å². The average molecular weight is 404 g/mol. The van der Waals surface area contributed by atoms with Crippen LogP contribution in [0.25, 0.3) is 11.0 Å². The third-order valence-electron chi connectivity index (χ3n) is 6.21. The van der Waals surface area contributed by atoms with Gasteiger partial charge in [-0.3, -0.25) is 4.79 Å². The molecular formula is C20H20N8O2. The van der Waals surface area contributed by atoms with Crippen LogP contribution in [0.15, 0.2) is 40.2 Å². The molecule has 1 aliphatic carbocycles. The van der Waals surface area contributed by atoms with Crippen molar-refractivity contribution in [2.75, 3.05) is 18.0 Å². The lowest BCUT2D eigenvalue weighted by Gasteiger charge is -2.20. The predicted octanol–water partition coefficient (Wildman–Crippen LogP) is 1.11. The van der Waals surface area contributed by atoms with E-state index in [0.717, 1.165) is 24.7 Å². The Morgan fingerprint density at radius 2 is 2.07 bits per heavy atom. The molecule has 0 spiro atoms. The van der Waals surface area contributed by atoms with Crippen LogP contribution in [0, 0.1) is 18.8 Å². The van der Waals surface area contributed by atoms with E-state index in [-0.39, 0.29) is 12.1 Å². The zero-order valence-electron chi connectivity index (χ0n) is 16.6. The Hall–Kier alpha value is -3.56. The lowest BCUT2D eigenvalue weighted by atomic mass is 10.2. The van der Waals surface area contributed by atoms with Crippen LogP contribution in [0.2, 0.25) is 0 Å². The Kier molecular flexibility index (Phi) is 3.59. The highest BCUT2D eigenvalue weighted by atomic mass is 16.5. The molecule has 0 aromatic carbocycles. The molecule has 0 bridgehead atoms. The number of hydrogen-bond acceptors (Lipinski definition) is 8. The number of imidazole rings is 1. The van der Waals surface area contributed by atoms with Crippen LogP contribution in [0.4, 0.5) is 5.82 Å². The molecule has 0 N–H and O–H groups in total. The number of aryl methyl sites for hydroxylation is 2. The lowest BCUT2D eigenvalue weighted by molar-refractivity contribution is 0.358. The fourth-order valence-corrected chi connectivity index (χ4v) is 4.60. The van der Waals surface area contributed by atoms with Gasteiger partial charge >= 0.3 is 0 Å². The number of pyridine rings is 1. The molecule has 30 heavy (non-hydrogen) atoms. The van der Waals surface area contributed by atoms with Crippen molar-refractivity contribution in [3.05, 3.63) is 58.5 Å². The van der Waals surface area contributed by atoms with Crippen LogP contribution in [0.3, 0.4) is 0 Å². The Balaban J connectivity index is 1.17. The summed E-state index contributed by atoms with van der Waals surface area (Å²) in [6.45, 7) is 4.13. The van der Waals surface area contributed by atoms with Gasteiger partial charge < -0.3 is 14.0 Å². The fourth-order valence-electron chi connectivity index (χ4n) is 4.60. The second-order valence-corrected chi connectivity index (χ2v) is 8.19. The smallest absolute Gasteiger partial charge is 0.293 e. The van der Waals surface area contributed by atoms with E-state index >= 15 is 0 Å². The third kappa shape index (κ3) is 2.63. The van der Waals surface area contributed by atoms with E-state index < -0.39 is 0 Å². The molecule has 1 saturated carbocycles. The first-order chi connectivity index (χ1) is 14.6. The first-order valence-electron chi connectivity index (χ1n) is 9.96. The van der Waals surface area contributed by atoms with Crippen LogP contribution >= 0.6 is 0 Å². The Morgan fingerprint density at radius 1 is 1.23 bits per heavy atom. The fraction of sp³-hybridized carbons (Fsp3) is 0.400. The summed E-state index contributed by atoms with van der Waals surface area (Å²) in [5.41, 5.74) is 2.07. The van der Waals surface area contributed by atoms with Crippen molar-refractivity contribution < 1.29 is 4.52 Å². The Morgan fingerprint density at radius 3 is 2.87 bits per heavy atom. The van der Waals surface area contributed by atoms with Gasteiger partial charge in [0, 0.05) is 32.3 Å².